The monoisotopic (exact) mass is 406 g/mol. The number of alkyl halides is 8. The van der Waals surface area contributed by atoms with Crippen LogP contribution in [-0.4, -0.2) is 23.8 Å². The molecule has 4 unspecified atom stereocenters. The minimum Gasteiger partial charge on any atom is -0.121 e. The molecule has 0 radical (unpaired) electrons. The molecule has 8 heteroatoms. The summed E-state index contributed by atoms with van der Waals surface area (Å²) in [5.74, 6) is -0.399. The minimum atomic E-state index is -1.71. The van der Waals surface area contributed by atoms with Gasteiger partial charge >= 0.3 is 0 Å². The van der Waals surface area contributed by atoms with Crippen molar-refractivity contribution in [2.45, 2.75) is 30.2 Å². The van der Waals surface area contributed by atoms with Crippen LogP contribution in [0, 0.1) is 11.8 Å². The SMILES string of the molecule is ClC1C2=C3C(C(C2)C1Cl)C(Cl)(Cl)C(Cl)(Cl)C3(Cl)Cl. The molecule has 0 spiro atoms. The van der Waals surface area contributed by atoms with Crippen molar-refractivity contribution < 1.29 is 0 Å². The first-order valence-corrected chi connectivity index (χ1v) is 8.34. The van der Waals surface area contributed by atoms with Crippen LogP contribution in [0.25, 0.3) is 0 Å². The normalized spacial score (nSPS) is 46.7. The van der Waals surface area contributed by atoms with E-state index in [0.717, 1.165) is 5.57 Å². The second-order valence-electron chi connectivity index (χ2n) is 4.90. The predicted octanol–water partition coefficient (Wildman–Crippen LogP) is 5.68. The molecule has 4 atom stereocenters. The van der Waals surface area contributed by atoms with E-state index in [-0.39, 0.29) is 22.6 Å². The summed E-state index contributed by atoms with van der Waals surface area (Å²) in [6.45, 7) is 0. The van der Waals surface area contributed by atoms with E-state index in [1.54, 1.807) is 0 Å². The van der Waals surface area contributed by atoms with Crippen LogP contribution in [0.2, 0.25) is 0 Å². The molecule has 0 aliphatic heterocycles. The minimum absolute atomic E-state index is 0.0367. The van der Waals surface area contributed by atoms with E-state index >= 15 is 0 Å². The van der Waals surface area contributed by atoms with Crippen molar-refractivity contribution in [3.63, 3.8) is 0 Å². The van der Waals surface area contributed by atoms with Crippen LogP contribution in [0.3, 0.4) is 0 Å². The van der Waals surface area contributed by atoms with Crippen LogP contribution in [0.5, 0.6) is 0 Å². The van der Waals surface area contributed by atoms with Gasteiger partial charge in [0.15, 0.2) is 13.0 Å². The molecule has 0 amide bonds. The highest BCUT2D eigenvalue weighted by atomic mass is 35.5. The highest BCUT2D eigenvalue weighted by Gasteiger charge is 2.78. The Labute approximate surface area is 145 Å². The van der Waals surface area contributed by atoms with Gasteiger partial charge in [-0.15, -0.1) is 23.2 Å². The maximum absolute atomic E-state index is 6.35. The number of halogens is 8. The molecule has 2 saturated carbocycles. The van der Waals surface area contributed by atoms with Gasteiger partial charge in [0.05, 0.1) is 10.8 Å². The van der Waals surface area contributed by atoms with Crippen LogP contribution in [0.15, 0.2) is 11.1 Å². The summed E-state index contributed by atoms with van der Waals surface area (Å²) in [6, 6.07) is 0. The fourth-order valence-corrected chi connectivity index (χ4v) is 6.30. The van der Waals surface area contributed by atoms with Crippen LogP contribution in [-0.2, 0) is 0 Å². The molecular formula is C10H6Cl8. The van der Waals surface area contributed by atoms with Gasteiger partial charge in [-0.1, -0.05) is 69.6 Å². The third kappa shape index (κ3) is 1.46. The van der Waals surface area contributed by atoms with E-state index in [0.29, 0.717) is 12.0 Å². The summed E-state index contributed by atoms with van der Waals surface area (Å²) in [4.78, 5) is 0. The van der Waals surface area contributed by atoms with Gasteiger partial charge in [0.2, 0.25) is 0 Å². The van der Waals surface area contributed by atoms with Crippen LogP contribution in [0.4, 0.5) is 0 Å². The standard InChI is InChI=1S/C10H6Cl8/c11-6-2-1-3(7(6)12)5-4(2)8(13,14)10(17,18)9(5,15)16/h2,4,6-7H,1H2. The third-order valence-electron chi connectivity index (χ3n) is 4.10. The Bertz CT molecular complexity index is 451. The average molecular weight is 410 g/mol. The van der Waals surface area contributed by atoms with Crippen LogP contribution >= 0.6 is 92.8 Å². The number of rotatable bonds is 0. The largest absolute Gasteiger partial charge is 0.188 e. The van der Waals surface area contributed by atoms with Crippen molar-refractivity contribution >= 4 is 92.8 Å². The number of hydrogen-bond donors (Lipinski definition) is 0. The average Bonchev–Trinajstić information content (AvgIpc) is 2.79. The van der Waals surface area contributed by atoms with E-state index in [2.05, 4.69) is 0 Å². The summed E-state index contributed by atoms with van der Waals surface area (Å²) in [5.41, 5.74) is 1.54. The van der Waals surface area contributed by atoms with Crippen molar-refractivity contribution in [3.05, 3.63) is 11.1 Å². The van der Waals surface area contributed by atoms with Gasteiger partial charge in [-0.25, -0.2) is 0 Å². The molecule has 18 heavy (non-hydrogen) atoms. The summed E-state index contributed by atoms with van der Waals surface area (Å²) in [7, 11) is 0. The number of hydrogen-bond acceptors (Lipinski definition) is 0. The fraction of sp³-hybridized carbons (Fsp3) is 0.800. The van der Waals surface area contributed by atoms with Crippen molar-refractivity contribution in [2.24, 2.45) is 11.8 Å². The summed E-state index contributed by atoms with van der Waals surface area (Å²) in [6.07, 6.45) is 0.689. The fourth-order valence-electron chi connectivity index (χ4n) is 3.28. The van der Waals surface area contributed by atoms with Gasteiger partial charge < -0.3 is 0 Å². The van der Waals surface area contributed by atoms with Gasteiger partial charge in [0.25, 0.3) is 0 Å². The van der Waals surface area contributed by atoms with Gasteiger partial charge in [-0.2, -0.15) is 0 Å². The molecule has 3 aliphatic carbocycles. The van der Waals surface area contributed by atoms with E-state index < -0.39 is 13.0 Å². The second-order valence-corrected chi connectivity index (χ2v) is 9.92. The van der Waals surface area contributed by atoms with Crippen molar-refractivity contribution in [2.75, 3.05) is 0 Å². The Balaban J connectivity index is 2.25. The molecule has 0 nitrogen and oxygen atoms in total. The highest BCUT2D eigenvalue weighted by molar-refractivity contribution is 6.72. The molecular weight excluding hydrogens is 404 g/mol. The molecule has 0 saturated heterocycles. The summed E-state index contributed by atoms with van der Waals surface area (Å²) in [5, 5.41) is -0.593. The van der Waals surface area contributed by atoms with E-state index in [4.69, 9.17) is 92.8 Å². The zero-order valence-corrected chi connectivity index (χ0v) is 14.6. The summed E-state index contributed by atoms with van der Waals surface area (Å²) >= 11 is 50.3. The Morgan fingerprint density at radius 3 is 2.06 bits per heavy atom. The second kappa shape index (κ2) is 4.07. The Kier molecular flexibility index (Phi) is 3.39. The first-order valence-electron chi connectivity index (χ1n) is 5.20. The first-order chi connectivity index (χ1) is 8.05. The number of allylic oxidation sites excluding steroid dienone is 2. The van der Waals surface area contributed by atoms with Gasteiger partial charge in [0.1, 0.15) is 0 Å². The molecule has 0 aromatic heterocycles. The molecule has 2 fully saturated rings. The number of fused-ring (bicyclic) bond motifs is 4. The Morgan fingerprint density at radius 2 is 1.50 bits per heavy atom. The van der Waals surface area contributed by atoms with Crippen molar-refractivity contribution in [3.8, 4) is 0 Å². The molecule has 102 valence electrons. The highest BCUT2D eigenvalue weighted by Crippen LogP contribution is 2.75. The molecule has 0 heterocycles. The predicted molar refractivity (Wildman–Crippen MR) is 81.2 cm³/mol. The smallest absolute Gasteiger partial charge is 0.121 e. The van der Waals surface area contributed by atoms with Crippen molar-refractivity contribution in [1.82, 2.24) is 0 Å². The van der Waals surface area contributed by atoms with Crippen LogP contribution in [0.1, 0.15) is 6.42 Å². The Morgan fingerprint density at radius 1 is 0.944 bits per heavy atom. The first kappa shape index (κ1) is 15.0. The molecule has 3 aliphatic rings. The maximum Gasteiger partial charge on any atom is 0.188 e. The van der Waals surface area contributed by atoms with Gasteiger partial charge in [-0.05, 0) is 23.5 Å². The molecule has 0 aromatic carbocycles. The molecule has 2 bridgehead atoms. The summed E-state index contributed by atoms with van der Waals surface area (Å²) < 4.78 is -4.77. The maximum atomic E-state index is 6.35. The van der Waals surface area contributed by atoms with Gasteiger partial charge in [-0.3, -0.25) is 0 Å². The van der Waals surface area contributed by atoms with Crippen LogP contribution < -0.4 is 0 Å². The van der Waals surface area contributed by atoms with Crippen molar-refractivity contribution in [1.29, 1.82) is 0 Å². The lowest BCUT2D eigenvalue weighted by molar-refractivity contribution is 0.397. The lowest BCUT2D eigenvalue weighted by Crippen LogP contribution is -2.45. The molecule has 0 aromatic rings. The van der Waals surface area contributed by atoms with E-state index in [9.17, 15) is 0 Å². The van der Waals surface area contributed by atoms with E-state index in [1.165, 1.54) is 0 Å². The lowest BCUT2D eigenvalue weighted by atomic mass is 9.87. The van der Waals surface area contributed by atoms with E-state index in [1.807, 2.05) is 0 Å². The third-order valence-corrected chi connectivity index (χ3v) is 9.29. The quantitative estimate of drug-likeness (QED) is 0.356. The topological polar surface area (TPSA) is 0 Å². The van der Waals surface area contributed by atoms with Gasteiger partial charge in [0, 0.05) is 5.92 Å². The molecule has 3 rings (SSSR count). The Hall–Kier alpha value is 2.06. The lowest BCUT2D eigenvalue weighted by Gasteiger charge is -2.34. The zero-order valence-electron chi connectivity index (χ0n) is 8.54. The zero-order chi connectivity index (χ0) is 13.7. The molecule has 0 N–H and O–H groups in total.